The number of fused-ring (bicyclic) bond motifs is 1. The van der Waals surface area contributed by atoms with Crippen molar-refractivity contribution in [2.75, 3.05) is 0 Å². The van der Waals surface area contributed by atoms with Crippen molar-refractivity contribution in [1.29, 1.82) is 0 Å². The number of ether oxygens (including phenoxy) is 1. The molecule has 3 heterocycles. The molecule has 150 valence electrons. The van der Waals surface area contributed by atoms with Gasteiger partial charge >= 0.3 is 6.09 Å². The fourth-order valence-corrected chi connectivity index (χ4v) is 4.23. The molecule has 0 aliphatic carbocycles. The first-order valence-electron chi connectivity index (χ1n) is 9.37. The van der Waals surface area contributed by atoms with Crippen molar-refractivity contribution in [2.24, 2.45) is 0 Å². The lowest BCUT2D eigenvalue weighted by Crippen LogP contribution is -2.26. The summed E-state index contributed by atoms with van der Waals surface area (Å²) in [7, 11) is 0. The van der Waals surface area contributed by atoms with E-state index in [1.807, 2.05) is 68.8 Å². The van der Waals surface area contributed by atoms with E-state index in [-0.39, 0.29) is 5.37 Å². The lowest BCUT2D eigenvalue weighted by molar-refractivity contribution is 0.0544. The molecule has 0 saturated carbocycles. The first-order chi connectivity index (χ1) is 13.8. The van der Waals surface area contributed by atoms with Gasteiger partial charge in [-0.25, -0.2) is 4.79 Å². The van der Waals surface area contributed by atoms with E-state index in [9.17, 15) is 9.90 Å². The number of hydrogen-bond donors (Lipinski definition) is 2. The zero-order valence-corrected chi connectivity index (χ0v) is 17.3. The number of pyridine rings is 1. The summed E-state index contributed by atoms with van der Waals surface area (Å²) < 4.78 is 6.99. The van der Waals surface area contributed by atoms with E-state index in [1.54, 1.807) is 24.2 Å². The smallest absolute Gasteiger partial charge is 0.419 e. The summed E-state index contributed by atoms with van der Waals surface area (Å²) in [4.78, 5) is 16.8. The monoisotopic (exact) mass is 409 g/mol. The van der Waals surface area contributed by atoms with E-state index in [0.717, 1.165) is 10.9 Å². The van der Waals surface area contributed by atoms with Gasteiger partial charge in [0.05, 0.1) is 11.2 Å². The maximum Gasteiger partial charge on any atom is 0.419 e. The number of aliphatic hydroxyl groups excluding tert-OH is 1. The van der Waals surface area contributed by atoms with E-state index in [4.69, 9.17) is 4.74 Å². The number of hydrogen-bond acceptors (Lipinski definition) is 6. The van der Waals surface area contributed by atoms with Crippen LogP contribution in [0.2, 0.25) is 0 Å². The molecule has 0 amide bonds. The predicted octanol–water partition coefficient (Wildman–Crippen LogP) is 4.73. The van der Waals surface area contributed by atoms with Crippen LogP contribution in [0.4, 0.5) is 4.79 Å². The van der Waals surface area contributed by atoms with Crippen molar-refractivity contribution < 1.29 is 14.6 Å². The minimum Gasteiger partial charge on any atom is -0.443 e. The third-order valence-corrected chi connectivity index (χ3v) is 5.59. The molecule has 7 heteroatoms. The van der Waals surface area contributed by atoms with Gasteiger partial charge in [-0.05, 0) is 38.3 Å². The summed E-state index contributed by atoms with van der Waals surface area (Å²) in [6.45, 7) is 5.49. The van der Waals surface area contributed by atoms with Crippen LogP contribution in [0.3, 0.4) is 0 Å². The van der Waals surface area contributed by atoms with E-state index >= 15 is 0 Å². The summed E-state index contributed by atoms with van der Waals surface area (Å²) in [6, 6.07) is 11.4. The van der Waals surface area contributed by atoms with Crippen LogP contribution in [0.1, 0.15) is 43.4 Å². The molecule has 2 unspecified atom stereocenters. The van der Waals surface area contributed by atoms with Gasteiger partial charge < -0.3 is 15.2 Å². The van der Waals surface area contributed by atoms with Crippen LogP contribution in [-0.2, 0) is 4.74 Å². The lowest BCUT2D eigenvalue weighted by Gasteiger charge is -2.19. The molecule has 0 saturated heterocycles. The Kier molecular flexibility index (Phi) is 5.10. The van der Waals surface area contributed by atoms with Crippen molar-refractivity contribution >= 4 is 28.8 Å². The number of para-hydroxylation sites is 1. The molecule has 0 spiro atoms. The van der Waals surface area contributed by atoms with Gasteiger partial charge in [0.25, 0.3) is 0 Å². The molecule has 29 heavy (non-hydrogen) atoms. The summed E-state index contributed by atoms with van der Waals surface area (Å²) in [5.74, 6) is 0. The summed E-state index contributed by atoms with van der Waals surface area (Å²) in [5.41, 5.74) is 2.47. The van der Waals surface area contributed by atoms with Crippen LogP contribution in [-0.4, -0.2) is 26.4 Å². The third kappa shape index (κ3) is 4.02. The molecule has 2 N–H and O–H groups in total. The Hall–Kier alpha value is -2.77. The number of nitrogens with one attached hydrogen (secondary N) is 1. The Labute approximate surface area is 173 Å². The van der Waals surface area contributed by atoms with Gasteiger partial charge in [0, 0.05) is 35.1 Å². The Morgan fingerprint density at radius 3 is 2.79 bits per heavy atom. The number of thioether (sulfide) groups is 1. The molecule has 1 aromatic carbocycles. The first kappa shape index (κ1) is 19.5. The third-order valence-electron chi connectivity index (χ3n) is 4.54. The molecule has 2 atom stereocenters. The number of carbonyl (C=O) groups is 1. The second-order valence-electron chi connectivity index (χ2n) is 7.87. The summed E-state index contributed by atoms with van der Waals surface area (Å²) in [6.07, 6.45) is 3.84. The van der Waals surface area contributed by atoms with Crippen molar-refractivity contribution in [1.82, 2.24) is 14.9 Å². The molecule has 0 fully saturated rings. The minimum atomic E-state index is -0.891. The van der Waals surface area contributed by atoms with Gasteiger partial charge in [0.1, 0.15) is 17.1 Å². The standard InChI is InChI=1S/C22H23N3O3S/c1-22(2,3)28-21(27)25-12-16(15-8-4-5-9-18(15)25)19(26)17-13-29-20(24-17)14-7-6-10-23-11-14/h4-13,19-20,24,26H,1-3H3. The number of benzene rings is 1. The van der Waals surface area contributed by atoms with Gasteiger partial charge in [-0.2, -0.15) is 0 Å². The van der Waals surface area contributed by atoms with Gasteiger partial charge in [0.2, 0.25) is 0 Å². The topological polar surface area (TPSA) is 76.4 Å². The second-order valence-corrected chi connectivity index (χ2v) is 8.85. The Balaban J connectivity index is 1.63. The molecule has 4 rings (SSSR count). The summed E-state index contributed by atoms with van der Waals surface area (Å²) in [5, 5.41) is 17.2. The number of aliphatic hydroxyl groups is 1. The molecule has 0 radical (unpaired) electrons. The van der Waals surface area contributed by atoms with E-state index in [0.29, 0.717) is 16.8 Å². The first-order valence-corrected chi connectivity index (χ1v) is 10.3. The Bertz CT molecular complexity index is 1070. The normalized spacial score (nSPS) is 17.7. The average molecular weight is 410 g/mol. The van der Waals surface area contributed by atoms with Crippen molar-refractivity contribution in [3.05, 3.63) is 77.2 Å². The highest BCUT2D eigenvalue weighted by Gasteiger charge is 2.28. The molecule has 0 bridgehead atoms. The highest BCUT2D eigenvalue weighted by molar-refractivity contribution is 8.02. The van der Waals surface area contributed by atoms with Gasteiger partial charge in [0.15, 0.2) is 0 Å². The van der Waals surface area contributed by atoms with E-state index in [1.165, 1.54) is 4.57 Å². The van der Waals surface area contributed by atoms with Crippen LogP contribution in [0, 0.1) is 0 Å². The van der Waals surface area contributed by atoms with E-state index in [2.05, 4.69) is 10.3 Å². The van der Waals surface area contributed by atoms with Crippen LogP contribution in [0.15, 0.2) is 66.1 Å². The van der Waals surface area contributed by atoms with Crippen LogP contribution in [0.25, 0.3) is 10.9 Å². The molecule has 1 aliphatic heterocycles. The average Bonchev–Trinajstić information content (AvgIpc) is 3.32. The van der Waals surface area contributed by atoms with Crippen LogP contribution in [0.5, 0.6) is 0 Å². The molecular weight excluding hydrogens is 386 g/mol. The van der Waals surface area contributed by atoms with Crippen LogP contribution < -0.4 is 5.32 Å². The minimum absolute atomic E-state index is 0.00689. The molecular formula is C22H23N3O3S. The largest absolute Gasteiger partial charge is 0.443 e. The van der Waals surface area contributed by atoms with Crippen molar-refractivity contribution in [3.63, 3.8) is 0 Å². The van der Waals surface area contributed by atoms with Crippen molar-refractivity contribution in [3.8, 4) is 0 Å². The molecule has 1 aliphatic rings. The quantitative estimate of drug-likeness (QED) is 0.651. The molecule has 6 nitrogen and oxygen atoms in total. The molecule has 3 aromatic rings. The lowest BCUT2D eigenvalue weighted by atomic mass is 10.1. The zero-order valence-electron chi connectivity index (χ0n) is 16.5. The van der Waals surface area contributed by atoms with Gasteiger partial charge in [-0.1, -0.05) is 24.3 Å². The number of aromatic nitrogens is 2. The van der Waals surface area contributed by atoms with E-state index < -0.39 is 17.8 Å². The van der Waals surface area contributed by atoms with Gasteiger partial charge in [-0.15, -0.1) is 11.8 Å². The SMILES string of the molecule is CC(C)(C)OC(=O)n1cc(C(O)C2=CSC(c3cccnc3)N2)c2ccccc21. The number of nitrogens with zero attached hydrogens (tertiary/aromatic N) is 2. The highest BCUT2D eigenvalue weighted by Crippen LogP contribution is 2.39. The Morgan fingerprint density at radius 2 is 2.07 bits per heavy atom. The maximum absolute atomic E-state index is 12.7. The maximum atomic E-state index is 12.7. The predicted molar refractivity (Wildman–Crippen MR) is 114 cm³/mol. The fourth-order valence-electron chi connectivity index (χ4n) is 3.25. The zero-order chi connectivity index (χ0) is 20.6. The molecule has 2 aromatic heterocycles. The van der Waals surface area contributed by atoms with Crippen molar-refractivity contribution in [2.45, 2.75) is 37.9 Å². The van der Waals surface area contributed by atoms with Gasteiger partial charge in [-0.3, -0.25) is 9.55 Å². The number of carbonyl (C=O) groups excluding carboxylic acids is 1. The van der Waals surface area contributed by atoms with Crippen LogP contribution >= 0.6 is 11.8 Å². The fraction of sp³-hybridized carbons (Fsp3) is 0.273. The second kappa shape index (κ2) is 7.57. The number of rotatable bonds is 3. The Morgan fingerprint density at radius 1 is 1.28 bits per heavy atom. The highest BCUT2D eigenvalue weighted by atomic mass is 32.2. The summed E-state index contributed by atoms with van der Waals surface area (Å²) >= 11 is 1.58.